The normalized spacial score (nSPS) is 11.9. The van der Waals surface area contributed by atoms with Crippen molar-refractivity contribution in [2.75, 3.05) is 0 Å². The number of aryl methyl sites for hydroxylation is 3. The Morgan fingerprint density at radius 3 is 1.48 bits per heavy atom. The third-order valence-electron chi connectivity index (χ3n) is 3.63. The van der Waals surface area contributed by atoms with Crippen molar-refractivity contribution >= 4 is 28.0 Å². The predicted octanol–water partition coefficient (Wildman–Crippen LogP) is 0.364. The van der Waals surface area contributed by atoms with Gasteiger partial charge in [-0.3, -0.25) is 0 Å². The first-order valence-corrected chi connectivity index (χ1v) is 17.9. The number of benzene rings is 1. The van der Waals surface area contributed by atoms with Crippen LogP contribution in [-0.4, -0.2) is 28.0 Å². The average Bonchev–Trinajstić information content (AvgIpc) is 2.09. The van der Waals surface area contributed by atoms with Crippen LogP contribution in [0.3, 0.4) is 0 Å². The van der Waals surface area contributed by atoms with E-state index in [1.54, 1.807) is 0 Å². The van der Waals surface area contributed by atoms with Crippen molar-refractivity contribution in [2.45, 2.75) is 60.1 Å². The molecule has 21 heavy (non-hydrogen) atoms. The number of hydrogen-bond acceptors (Lipinski definition) is 1. The third-order valence-corrected chi connectivity index (χ3v) is 31.2. The molecule has 0 N–H and O–H groups in total. The van der Waals surface area contributed by atoms with Gasteiger partial charge in [0.1, 0.15) is 0 Å². The van der Waals surface area contributed by atoms with Crippen molar-refractivity contribution in [3.8, 4) is 0 Å². The Kier molecular flexibility index (Phi) is 7.19. The summed E-state index contributed by atoms with van der Waals surface area (Å²) in [5, 5.41) is 13.8. The summed E-state index contributed by atoms with van der Waals surface area (Å²) in [6, 6.07) is 4.32. The molecule has 0 amide bonds. The van der Waals surface area contributed by atoms with Crippen LogP contribution in [0.4, 0.5) is 0 Å². The van der Waals surface area contributed by atoms with Crippen molar-refractivity contribution in [1.82, 2.24) is 0 Å². The fourth-order valence-corrected chi connectivity index (χ4v) is 39.6. The van der Waals surface area contributed by atoms with Crippen LogP contribution in [0.15, 0.2) is 12.1 Å². The molecule has 0 heterocycles. The molecule has 0 fully saturated rings. The van der Waals surface area contributed by atoms with Crippen molar-refractivity contribution in [1.29, 1.82) is 0 Å². The Balaban J connectivity index is 0.00000400. The van der Waals surface area contributed by atoms with Crippen LogP contribution >= 0.6 is 0 Å². The predicted molar refractivity (Wildman–Crippen MR) is 97.2 cm³/mol. The molecule has 0 unspecified atom stereocenters. The van der Waals surface area contributed by atoms with Gasteiger partial charge in [0.2, 0.25) is 0 Å². The van der Waals surface area contributed by atoms with Gasteiger partial charge in [-0.05, 0) is 44.9 Å². The minimum atomic E-state index is -1.41. The van der Waals surface area contributed by atoms with Crippen LogP contribution in [0.2, 0.25) is 39.3 Å². The molecule has 0 radical (unpaired) electrons. The molecule has 0 aliphatic heterocycles. The number of hydrogen-bond donors (Lipinski definition) is 0. The number of rotatable bonds is 3. The van der Waals surface area contributed by atoms with E-state index in [4.69, 9.17) is 0 Å². The van der Waals surface area contributed by atoms with Gasteiger partial charge in [-0.2, -0.15) is 0 Å². The summed E-state index contributed by atoms with van der Waals surface area (Å²) in [5.41, 5.74) is 4.64. The second-order valence-corrected chi connectivity index (χ2v) is 31.7. The van der Waals surface area contributed by atoms with Crippen LogP contribution in [0.1, 0.15) is 22.3 Å². The molecule has 5 heteroatoms. The molecule has 1 aromatic rings. The first kappa shape index (κ1) is 21.1. The summed E-state index contributed by atoms with van der Waals surface area (Å²) < 4.78 is 0. The third kappa shape index (κ3) is 5.07. The van der Waals surface area contributed by atoms with Gasteiger partial charge in [-0.1, -0.05) is 57.0 Å². The SMILES string of the molecule is Cc1cc(C)c(C([O-])=[Si]([Si](C)(C)C)[Si](C)(C)C)c(C)c1.[Li+]. The van der Waals surface area contributed by atoms with E-state index in [1.165, 1.54) is 16.7 Å². The summed E-state index contributed by atoms with van der Waals surface area (Å²) in [7, 11) is -3.75. The molecule has 0 saturated carbocycles. The first-order chi connectivity index (χ1) is 8.85. The van der Waals surface area contributed by atoms with Gasteiger partial charge in [0.25, 0.3) is 0 Å². The molecule has 0 saturated heterocycles. The maximum atomic E-state index is 13.3. The fraction of sp³-hybridized carbons (Fsp3) is 0.562. The summed E-state index contributed by atoms with van der Waals surface area (Å²) in [5.74, 6) is 0. The van der Waals surface area contributed by atoms with E-state index < -0.39 is 22.6 Å². The van der Waals surface area contributed by atoms with Crippen LogP contribution in [0.5, 0.6) is 0 Å². The molecular formula is C16H29LiOSi3. The quantitative estimate of drug-likeness (QED) is 0.735. The van der Waals surface area contributed by atoms with Crippen LogP contribution in [-0.2, 0) is 0 Å². The molecule has 0 spiro atoms. The topological polar surface area (TPSA) is 23.1 Å². The molecule has 0 aromatic heterocycles. The van der Waals surface area contributed by atoms with Gasteiger partial charge in [-0.15, -0.1) is 5.35 Å². The van der Waals surface area contributed by atoms with Gasteiger partial charge in [0, 0.05) is 0 Å². The zero-order valence-electron chi connectivity index (χ0n) is 15.6. The van der Waals surface area contributed by atoms with Gasteiger partial charge in [-0.25, -0.2) is 0 Å². The van der Waals surface area contributed by atoms with Crippen molar-refractivity contribution in [3.05, 3.63) is 34.4 Å². The Labute approximate surface area is 146 Å². The van der Waals surface area contributed by atoms with Gasteiger partial charge < -0.3 is 5.11 Å². The molecular weight excluding hydrogens is 299 g/mol. The van der Waals surface area contributed by atoms with Crippen molar-refractivity contribution in [3.63, 3.8) is 0 Å². The second kappa shape index (κ2) is 7.14. The Morgan fingerprint density at radius 2 is 1.19 bits per heavy atom. The van der Waals surface area contributed by atoms with Crippen LogP contribution < -0.4 is 24.0 Å². The molecule has 0 bridgehead atoms. The van der Waals surface area contributed by atoms with Gasteiger partial charge >= 0.3 is 18.9 Å². The average molecular weight is 329 g/mol. The molecule has 0 atom stereocenters. The Hall–Kier alpha value is 0.138. The van der Waals surface area contributed by atoms with Crippen molar-refractivity contribution < 1.29 is 24.0 Å². The summed E-state index contributed by atoms with van der Waals surface area (Å²) in [6.07, 6.45) is 0. The van der Waals surface area contributed by atoms with E-state index in [2.05, 4.69) is 72.2 Å². The van der Waals surface area contributed by atoms with Crippen LogP contribution in [0.25, 0.3) is 0 Å². The Bertz CT molecular complexity index is 513. The zero-order chi connectivity index (χ0) is 15.9. The fourth-order valence-electron chi connectivity index (χ4n) is 3.47. The van der Waals surface area contributed by atoms with E-state index in [1.807, 2.05) is 0 Å². The first-order valence-electron chi connectivity index (χ1n) is 7.36. The molecule has 0 aliphatic carbocycles. The van der Waals surface area contributed by atoms with E-state index in [0.29, 0.717) is 5.35 Å². The molecule has 1 aromatic carbocycles. The van der Waals surface area contributed by atoms with Crippen molar-refractivity contribution in [2.24, 2.45) is 0 Å². The zero-order valence-corrected chi connectivity index (χ0v) is 18.6. The Morgan fingerprint density at radius 1 is 0.857 bits per heavy atom. The monoisotopic (exact) mass is 328 g/mol. The molecule has 112 valence electrons. The smallest absolute Gasteiger partial charge is 0.876 e. The van der Waals surface area contributed by atoms with E-state index in [0.717, 1.165) is 5.56 Å². The van der Waals surface area contributed by atoms with Gasteiger partial charge in [0.05, 0.1) is 15.2 Å². The molecule has 1 nitrogen and oxygen atoms in total. The maximum absolute atomic E-state index is 13.3. The summed E-state index contributed by atoms with van der Waals surface area (Å²) in [4.78, 5) is 0. The minimum Gasteiger partial charge on any atom is -0.876 e. The van der Waals surface area contributed by atoms with E-state index in [9.17, 15) is 5.11 Å². The van der Waals surface area contributed by atoms with Crippen LogP contribution in [0, 0.1) is 20.8 Å². The standard InChI is InChI=1S/C16H30OSi3.Li/c1-12-10-13(2)15(14(3)11-12)16(17)18(19(4,5)6)20(7,8)9;/h10-11,17H,1-9H3;/q;+1/p-1. The maximum Gasteiger partial charge on any atom is 1.00 e. The van der Waals surface area contributed by atoms with E-state index in [-0.39, 0.29) is 18.9 Å². The summed E-state index contributed by atoms with van der Waals surface area (Å²) >= 11 is 0. The molecule has 0 aliphatic rings. The second-order valence-electron chi connectivity index (χ2n) is 7.98. The van der Waals surface area contributed by atoms with E-state index >= 15 is 0 Å². The summed E-state index contributed by atoms with van der Waals surface area (Å²) in [6.45, 7) is 20.6. The molecule has 1 rings (SSSR count). The van der Waals surface area contributed by atoms with Gasteiger partial charge in [0.15, 0.2) is 0 Å². The largest absolute Gasteiger partial charge is 1.00 e. The minimum absolute atomic E-state index is 0.